The first-order valence-electron chi connectivity index (χ1n) is 5.92. The zero-order valence-corrected chi connectivity index (χ0v) is 12.4. The van der Waals surface area contributed by atoms with Crippen LogP contribution < -0.4 is 19.9 Å². The number of hydrogen-bond acceptors (Lipinski definition) is 5. The van der Waals surface area contributed by atoms with E-state index in [4.69, 9.17) is 14.6 Å². The molecule has 0 aliphatic rings. The molecule has 1 aromatic carbocycles. The number of amides is 1. The molecule has 8 heteroatoms. The summed E-state index contributed by atoms with van der Waals surface area (Å²) in [5.74, 6) is -0.199. The number of nitrogens with two attached hydrogens (primary N) is 1. The number of carbonyl (C=O) groups is 1. The lowest BCUT2D eigenvalue weighted by molar-refractivity contribution is 0.0950. The molecule has 0 fully saturated rings. The van der Waals surface area contributed by atoms with E-state index in [1.807, 2.05) is 6.92 Å². The molecule has 1 amide bonds. The molecule has 0 heterocycles. The summed E-state index contributed by atoms with van der Waals surface area (Å²) in [7, 11) is -1.32. The van der Waals surface area contributed by atoms with Crippen LogP contribution in [0.2, 0.25) is 0 Å². The Balaban J connectivity index is 3.40. The number of rotatable bonds is 6. The first-order chi connectivity index (χ1) is 9.35. The molecule has 1 aromatic rings. The van der Waals surface area contributed by atoms with Crippen LogP contribution in [0.25, 0.3) is 0 Å². The lowest BCUT2D eigenvalue weighted by Crippen LogP contribution is -2.25. The summed E-state index contributed by atoms with van der Waals surface area (Å²) in [6, 6.07) is 2.47. The Morgan fingerprint density at radius 2 is 1.85 bits per heavy atom. The second-order valence-electron chi connectivity index (χ2n) is 4.00. The van der Waals surface area contributed by atoms with Crippen molar-refractivity contribution >= 4 is 15.9 Å². The number of primary sulfonamides is 1. The SMILES string of the molecule is CCCNC(=O)c1cc(S(N)(=O)=O)c(OC)cc1OC. The number of ether oxygens (including phenoxy) is 2. The standard InChI is InChI=1S/C12H18N2O5S/c1-4-5-14-12(15)8-6-11(20(13,16)17)10(19-3)7-9(8)18-2/h6-7H,4-5H2,1-3H3,(H,14,15)(H2,13,16,17). The first kappa shape index (κ1) is 16.3. The number of sulfonamides is 1. The molecular weight excluding hydrogens is 284 g/mol. The van der Waals surface area contributed by atoms with Crippen LogP contribution in [-0.2, 0) is 10.0 Å². The third-order valence-corrected chi connectivity index (χ3v) is 3.50. The van der Waals surface area contributed by atoms with Crippen molar-refractivity contribution in [2.24, 2.45) is 5.14 Å². The highest BCUT2D eigenvalue weighted by Crippen LogP contribution is 2.31. The predicted octanol–water partition coefficient (Wildman–Crippen LogP) is 0.491. The van der Waals surface area contributed by atoms with E-state index in [1.54, 1.807) is 0 Å². The first-order valence-corrected chi connectivity index (χ1v) is 7.46. The largest absolute Gasteiger partial charge is 0.496 e. The van der Waals surface area contributed by atoms with Gasteiger partial charge in [-0.15, -0.1) is 0 Å². The molecule has 0 bridgehead atoms. The van der Waals surface area contributed by atoms with E-state index in [-0.39, 0.29) is 22.0 Å². The van der Waals surface area contributed by atoms with Crippen LogP contribution in [0.1, 0.15) is 23.7 Å². The predicted molar refractivity (Wildman–Crippen MR) is 73.5 cm³/mol. The van der Waals surface area contributed by atoms with Crippen LogP contribution in [0.5, 0.6) is 11.5 Å². The van der Waals surface area contributed by atoms with Crippen molar-refractivity contribution in [2.45, 2.75) is 18.2 Å². The molecule has 0 saturated carbocycles. The fourth-order valence-electron chi connectivity index (χ4n) is 1.60. The van der Waals surface area contributed by atoms with Crippen LogP contribution in [0, 0.1) is 0 Å². The number of nitrogens with one attached hydrogen (secondary N) is 1. The van der Waals surface area contributed by atoms with E-state index >= 15 is 0 Å². The van der Waals surface area contributed by atoms with Gasteiger partial charge in [0.15, 0.2) is 0 Å². The summed E-state index contributed by atoms with van der Waals surface area (Å²) < 4.78 is 33.1. The van der Waals surface area contributed by atoms with Gasteiger partial charge in [0, 0.05) is 12.6 Å². The van der Waals surface area contributed by atoms with E-state index in [2.05, 4.69) is 5.32 Å². The summed E-state index contributed by atoms with van der Waals surface area (Å²) in [5.41, 5.74) is 0.0887. The minimum absolute atomic E-state index is 0.0244. The fourth-order valence-corrected chi connectivity index (χ4v) is 2.31. The minimum atomic E-state index is -4.01. The Hall–Kier alpha value is -1.80. The van der Waals surface area contributed by atoms with Crippen molar-refractivity contribution in [2.75, 3.05) is 20.8 Å². The van der Waals surface area contributed by atoms with Gasteiger partial charge in [-0.3, -0.25) is 4.79 Å². The summed E-state index contributed by atoms with van der Waals surface area (Å²) in [6.45, 7) is 2.38. The van der Waals surface area contributed by atoms with E-state index in [0.717, 1.165) is 12.5 Å². The van der Waals surface area contributed by atoms with Gasteiger partial charge in [-0.2, -0.15) is 0 Å². The Morgan fingerprint density at radius 1 is 1.25 bits per heavy atom. The maximum atomic E-state index is 12.0. The van der Waals surface area contributed by atoms with Gasteiger partial charge in [0.05, 0.1) is 19.8 Å². The topological polar surface area (TPSA) is 108 Å². The van der Waals surface area contributed by atoms with Crippen molar-refractivity contribution < 1.29 is 22.7 Å². The van der Waals surface area contributed by atoms with Crippen molar-refractivity contribution in [1.29, 1.82) is 0 Å². The van der Waals surface area contributed by atoms with Crippen molar-refractivity contribution in [3.63, 3.8) is 0 Å². The van der Waals surface area contributed by atoms with Crippen LogP contribution in [-0.4, -0.2) is 35.1 Å². The number of benzene rings is 1. The van der Waals surface area contributed by atoms with Gasteiger partial charge < -0.3 is 14.8 Å². The monoisotopic (exact) mass is 302 g/mol. The minimum Gasteiger partial charge on any atom is -0.496 e. The molecule has 0 saturated heterocycles. The smallest absolute Gasteiger partial charge is 0.255 e. The molecular formula is C12H18N2O5S. The molecule has 0 spiro atoms. The van der Waals surface area contributed by atoms with Gasteiger partial charge in [-0.1, -0.05) is 6.92 Å². The lowest BCUT2D eigenvalue weighted by atomic mass is 10.1. The molecule has 0 aliphatic heterocycles. The molecule has 0 aliphatic carbocycles. The summed E-state index contributed by atoms with van der Waals surface area (Å²) in [6.07, 6.45) is 0.756. The molecule has 20 heavy (non-hydrogen) atoms. The lowest BCUT2D eigenvalue weighted by Gasteiger charge is -2.13. The van der Waals surface area contributed by atoms with E-state index in [0.29, 0.717) is 6.54 Å². The molecule has 7 nitrogen and oxygen atoms in total. The second-order valence-corrected chi connectivity index (χ2v) is 5.53. The van der Waals surface area contributed by atoms with E-state index < -0.39 is 15.9 Å². The molecule has 0 radical (unpaired) electrons. The highest BCUT2D eigenvalue weighted by molar-refractivity contribution is 7.89. The van der Waals surface area contributed by atoms with Gasteiger partial charge in [0.1, 0.15) is 16.4 Å². The van der Waals surface area contributed by atoms with Crippen LogP contribution in [0.3, 0.4) is 0 Å². The highest BCUT2D eigenvalue weighted by Gasteiger charge is 2.22. The zero-order valence-electron chi connectivity index (χ0n) is 11.6. The maximum absolute atomic E-state index is 12.0. The Labute approximate surface area is 118 Å². The summed E-state index contributed by atoms with van der Waals surface area (Å²) >= 11 is 0. The number of carbonyl (C=O) groups excluding carboxylic acids is 1. The van der Waals surface area contributed by atoms with Gasteiger partial charge in [0.25, 0.3) is 5.91 Å². The summed E-state index contributed by atoms with van der Waals surface area (Å²) in [5, 5.41) is 7.76. The average Bonchev–Trinajstić information content (AvgIpc) is 2.42. The number of hydrogen-bond donors (Lipinski definition) is 2. The molecule has 1 rings (SSSR count). The van der Waals surface area contributed by atoms with Crippen molar-refractivity contribution in [1.82, 2.24) is 5.32 Å². The Bertz CT molecular complexity index is 598. The normalized spacial score (nSPS) is 11.0. The average molecular weight is 302 g/mol. The van der Waals surface area contributed by atoms with Crippen LogP contribution in [0.15, 0.2) is 17.0 Å². The van der Waals surface area contributed by atoms with Crippen LogP contribution in [0.4, 0.5) is 0 Å². The molecule has 0 unspecified atom stereocenters. The molecule has 112 valence electrons. The van der Waals surface area contributed by atoms with E-state index in [1.165, 1.54) is 20.3 Å². The van der Waals surface area contributed by atoms with Gasteiger partial charge in [-0.05, 0) is 12.5 Å². The Kier molecular flexibility index (Phi) is 5.34. The van der Waals surface area contributed by atoms with Crippen molar-refractivity contribution in [3.8, 4) is 11.5 Å². The third-order valence-electron chi connectivity index (χ3n) is 2.57. The number of methoxy groups -OCH3 is 2. The molecule has 0 aromatic heterocycles. The fraction of sp³-hybridized carbons (Fsp3) is 0.417. The van der Waals surface area contributed by atoms with E-state index in [9.17, 15) is 13.2 Å². The quantitative estimate of drug-likeness (QED) is 0.795. The third kappa shape index (κ3) is 3.61. The second kappa shape index (κ2) is 6.58. The highest BCUT2D eigenvalue weighted by atomic mass is 32.2. The van der Waals surface area contributed by atoms with Gasteiger partial charge >= 0.3 is 0 Å². The van der Waals surface area contributed by atoms with Crippen LogP contribution >= 0.6 is 0 Å². The molecule has 3 N–H and O–H groups in total. The van der Waals surface area contributed by atoms with Gasteiger partial charge in [-0.25, -0.2) is 13.6 Å². The van der Waals surface area contributed by atoms with Crippen molar-refractivity contribution in [3.05, 3.63) is 17.7 Å². The Morgan fingerprint density at radius 3 is 2.30 bits per heavy atom. The maximum Gasteiger partial charge on any atom is 0.255 e. The summed E-state index contributed by atoms with van der Waals surface area (Å²) in [4.78, 5) is 11.7. The zero-order chi connectivity index (χ0) is 15.3. The van der Waals surface area contributed by atoms with Gasteiger partial charge in [0.2, 0.25) is 10.0 Å². The molecule has 0 atom stereocenters.